The van der Waals surface area contributed by atoms with Crippen LogP contribution in [-0.4, -0.2) is 86.4 Å². The van der Waals surface area contributed by atoms with E-state index in [4.69, 9.17) is 5.11 Å². The van der Waals surface area contributed by atoms with Crippen LogP contribution in [0.5, 0.6) is 0 Å². The normalized spacial score (nSPS) is 16.9. The molecule has 37 heavy (non-hydrogen) atoms. The van der Waals surface area contributed by atoms with Crippen molar-refractivity contribution in [3.8, 4) is 0 Å². The summed E-state index contributed by atoms with van der Waals surface area (Å²) in [5, 5.41) is 9.02. The smallest absolute Gasteiger partial charge is 0.395 e. The van der Waals surface area contributed by atoms with Gasteiger partial charge >= 0.3 is 6.18 Å². The van der Waals surface area contributed by atoms with Gasteiger partial charge in [0.25, 0.3) is 5.91 Å². The van der Waals surface area contributed by atoms with Crippen molar-refractivity contribution < 1.29 is 35.9 Å². The van der Waals surface area contributed by atoms with Gasteiger partial charge in [-0.1, -0.05) is 13.8 Å². The van der Waals surface area contributed by atoms with E-state index >= 15 is 0 Å². The summed E-state index contributed by atoms with van der Waals surface area (Å²) in [4.78, 5) is 24.4. The number of anilines is 2. The number of sulfone groups is 1. The molecule has 1 aliphatic heterocycles. The molecule has 0 bridgehead atoms. The number of aromatic nitrogens is 2. The maximum Gasteiger partial charge on any atom is 0.434 e. The van der Waals surface area contributed by atoms with Crippen LogP contribution in [0.25, 0.3) is 0 Å². The van der Waals surface area contributed by atoms with E-state index in [2.05, 4.69) is 9.97 Å². The van der Waals surface area contributed by atoms with Crippen molar-refractivity contribution in [3.63, 3.8) is 0 Å². The van der Waals surface area contributed by atoms with Gasteiger partial charge in [-0.3, -0.25) is 4.79 Å². The number of carbonyl (C=O) groups excluding carboxylic acids is 1. The fraction of sp³-hybridized carbons (Fsp3) is 0.522. The minimum Gasteiger partial charge on any atom is -0.395 e. The zero-order chi connectivity index (χ0) is 27.7. The number of hydrogen-bond acceptors (Lipinski definition) is 8. The van der Waals surface area contributed by atoms with Crippen molar-refractivity contribution in [1.82, 2.24) is 14.9 Å². The number of piperazine rings is 1. The lowest BCUT2D eigenvalue weighted by molar-refractivity contribution is -0.141. The first-order valence-corrected chi connectivity index (χ1v) is 13.4. The van der Waals surface area contributed by atoms with Crippen molar-refractivity contribution in [1.29, 1.82) is 0 Å². The first-order chi connectivity index (χ1) is 17.1. The predicted molar refractivity (Wildman–Crippen MR) is 129 cm³/mol. The van der Waals surface area contributed by atoms with E-state index in [-0.39, 0.29) is 44.1 Å². The van der Waals surface area contributed by atoms with Crippen LogP contribution >= 0.6 is 0 Å². The molecule has 0 saturated carbocycles. The Kier molecular flexibility index (Phi) is 8.32. The highest BCUT2D eigenvalue weighted by Gasteiger charge is 2.40. The monoisotopic (exact) mass is 547 g/mol. The van der Waals surface area contributed by atoms with E-state index < -0.39 is 50.5 Å². The molecule has 1 aliphatic rings. The van der Waals surface area contributed by atoms with E-state index in [9.17, 15) is 30.8 Å². The molecule has 2 aromatic rings. The second kappa shape index (κ2) is 10.8. The van der Waals surface area contributed by atoms with E-state index in [1.54, 1.807) is 4.90 Å². The molecule has 0 spiro atoms. The van der Waals surface area contributed by atoms with Crippen molar-refractivity contribution in [2.75, 3.05) is 55.9 Å². The van der Waals surface area contributed by atoms with Gasteiger partial charge in [0.05, 0.1) is 18.2 Å². The lowest BCUT2D eigenvalue weighted by Gasteiger charge is -2.44. The SMILES string of the molecule is CC(C)C1CN(c2ccc(F)c(S(C)(=O)=O)c2)CCN1c1ncc(C(=O)N(C)CCO)c(C(F)(F)F)n1. The number of carbonyl (C=O) groups is 1. The van der Waals surface area contributed by atoms with Crippen molar-refractivity contribution in [2.24, 2.45) is 5.92 Å². The van der Waals surface area contributed by atoms with Gasteiger partial charge in [0.1, 0.15) is 10.7 Å². The second-order valence-electron chi connectivity index (χ2n) is 9.22. The number of likely N-dealkylation sites (N-methyl/N-ethyl adjacent to an activating group) is 1. The molecule has 1 fully saturated rings. The number of hydrogen-bond donors (Lipinski definition) is 1. The number of rotatable bonds is 7. The second-order valence-corrected chi connectivity index (χ2v) is 11.2. The fourth-order valence-corrected chi connectivity index (χ4v) is 4.93. The summed E-state index contributed by atoms with van der Waals surface area (Å²) in [6.45, 7) is 3.95. The average molecular weight is 548 g/mol. The Bertz CT molecular complexity index is 1260. The molecule has 1 N–H and O–H groups in total. The molecule has 1 saturated heterocycles. The Balaban J connectivity index is 1.96. The minimum absolute atomic E-state index is 0.0763. The summed E-state index contributed by atoms with van der Waals surface area (Å²) in [5.41, 5.74) is -1.61. The minimum atomic E-state index is -4.92. The molecule has 1 unspecified atom stereocenters. The summed E-state index contributed by atoms with van der Waals surface area (Å²) in [5.74, 6) is -2.09. The fourth-order valence-electron chi connectivity index (χ4n) is 4.18. The van der Waals surface area contributed by atoms with Gasteiger partial charge in [-0.05, 0) is 24.1 Å². The van der Waals surface area contributed by atoms with Crippen LogP contribution in [0, 0.1) is 11.7 Å². The van der Waals surface area contributed by atoms with E-state index in [0.717, 1.165) is 23.4 Å². The third-order valence-corrected chi connectivity index (χ3v) is 7.29. The maximum atomic E-state index is 14.1. The van der Waals surface area contributed by atoms with Gasteiger partial charge in [0, 0.05) is 51.4 Å². The first-order valence-electron chi connectivity index (χ1n) is 11.5. The van der Waals surface area contributed by atoms with Gasteiger partial charge in [0.15, 0.2) is 15.5 Å². The number of benzene rings is 1. The standard InChI is InChI=1S/C23H29F4N5O4S/c1-14(2)18-13-31(15-5-6-17(24)19(11-15)37(4,35)36)7-8-32(18)22-28-12-16(20(29-22)23(25,26)27)21(34)30(3)9-10-33/h5-6,11-12,14,18,33H,7-10,13H2,1-4H3. The zero-order valence-electron chi connectivity index (χ0n) is 20.8. The lowest BCUT2D eigenvalue weighted by Crippen LogP contribution is -2.56. The number of amides is 1. The van der Waals surface area contributed by atoms with E-state index in [0.29, 0.717) is 5.69 Å². The topological polar surface area (TPSA) is 107 Å². The predicted octanol–water partition coefficient (Wildman–Crippen LogP) is 2.45. The third-order valence-electron chi connectivity index (χ3n) is 6.18. The molecule has 0 radical (unpaired) electrons. The maximum absolute atomic E-state index is 14.1. The van der Waals surface area contributed by atoms with Gasteiger partial charge in [-0.2, -0.15) is 13.2 Å². The van der Waals surface area contributed by atoms with Crippen LogP contribution in [0.2, 0.25) is 0 Å². The lowest BCUT2D eigenvalue weighted by atomic mass is 9.99. The van der Waals surface area contributed by atoms with Crippen molar-refractivity contribution in [3.05, 3.63) is 41.5 Å². The molecular formula is C23H29F4N5O4S. The first kappa shape index (κ1) is 28.6. The highest BCUT2D eigenvalue weighted by Crippen LogP contribution is 2.34. The Hall–Kier alpha value is -3.00. The molecule has 1 amide bonds. The third kappa shape index (κ3) is 6.29. The molecule has 9 nitrogen and oxygen atoms in total. The number of nitrogens with zero attached hydrogens (tertiary/aromatic N) is 5. The molecule has 2 heterocycles. The molecule has 1 atom stereocenters. The Morgan fingerprint density at radius 1 is 1.27 bits per heavy atom. The Labute approximate surface area is 212 Å². The molecule has 1 aromatic carbocycles. The molecular weight excluding hydrogens is 518 g/mol. The highest BCUT2D eigenvalue weighted by atomic mass is 32.2. The number of aliphatic hydroxyl groups is 1. The van der Waals surface area contributed by atoms with Crippen LogP contribution in [0.1, 0.15) is 29.9 Å². The molecule has 14 heteroatoms. The van der Waals surface area contributed by atoms with Gasteiger partial charge in [-0.25, -0.2) is 22.8 Å². The summed E-state index contributed by atoms with van der Waals surface area (Å²) in [6, 6.07) is 3.41. The summed E-state index contributed by atoms with van der Waals surface area (Å²) in [7, 11) is -2.53. The number of halogens is 4. The molecule has 3 rings (SSSR count). The van der Waals surface area contributed by atoms with Crippen LogP contribution < -0.4 is 9.80 Å². The van der Waals surface area contributed by atoms with Crippen LogP contribution in [0.3, 0.4) is 0 Å². The van der Waals surface area contributed by atoms with Gasteiger partial charge in [-0.15, -0.1) is 0 Å². The number of alkyl halides is 3. The van der Waals surface area contributed by atoms with Gasteiger partial charge < -0.3 is 19.8 Å². The van der Waals surface area contributed by atoms with Crippen LogP contribution in [0.15, 0.2) is 29.3 Å². The molecule has 204 valence electrons. The largest absolute Gasteiger partial charge is 0.434 e. The molecule has 1 aromatic heterocycles. The average Bonchev–Trinajstić information content (AvgIpc) is 2.82. The van der Waals surface area contributed by atoms with Crippen molar-refractivity contribution in [2.45, 2.75) is 31.0 Å². The van der Waals surface area contributed by atoms with Crippen LogP contribution in [-0.2, 0) is 16.0 Å². The Morgan fingerprint density at radius 3 is 2.51 bits per heavy atom. The van der Waals surface area contributed by atoms with Crippen LogP contribution in [0.4, 0.5) is 29.2 Å². The zero-order valence-corrected chi connectivity index (χ0v) is 21.6. The summed E-state index contributed by atoms with van der Waals surface area (Å²) in [6.07, 6.45) is -3.16. The van der Waals surface area contributed by atoms with E-state index in [1.165, 1.54) is 19.2 Å². The quantitative estimate of drug-likeness (QED) is 0.527. The summed E-state index contributed by atoms with van der Waals surface area (Å²) < 4.78 is 79.7. The van der Waals surface area contributed by atoms with Crippen molar-refractivity contribution >= 4 is 27.4 Å². The molecule has 0 aliphatic carbocycles. The summed E-state index contributed by atoms with van der Waals surface area (Å²) >= 11 is 0. The van der Waals surface area contributed by atoms with E-state index in [1.807, 2.05) is 18.7 Å². The number of aliphatic hydroxyl groups excluding tert-OH is 1. The Morgan fingerprint density at radius 2 is 1.95 bits per heavy atom. The van der Waals surface area contributed by atoms with Gasteiger partial charge in [0.2, 0.25) is 5.95 Å². The highest BCUT2D eigenvalue weighted by molar-refractivity contribution is 7.90.